The molecule has 0 aliphatic carbocycles. The van der Waals surface area contributed by atoms with Crippen molar-refractivity contribution in [3.63, 3.8) is 0 Å². The second kappa shape index (κ2) is 7.68. The average molecular weight is 469 g/mol. The van der Waals surface area contributed by atoms with Gasteiger partial charge in [-0.3, -0.25) is 14.6 Å². The molecule has 10 heteroatoms. The average Bonchev–Trinajstić information content (AvgIpc) is 3.07. The van der Waals surface area contributed by atoms with Crippen molar-refractivity contribution in [3.8, 4) is 0 Å². The van der Waals surface area contributed by atoms with Gasteiger partial charge in [0.05, 0.1) is 46.1 Å². The Morgan fingerprint density at radius 2 is 1.67 bits per heavy atom. The molecule has 0 unspecified atom stereocenters. The molecule has 0 N–H and O–H groups in total. The number of aromatic nitrogens is 1. The molecule has 3 heterocycles. The highest BCUT2D eigenvalue weighted by Gasteiger charge is 2.41. The number of benzene rings is 2. The number of hydrogen-bond acceptors (Lipinski definition) is 6. The summed E-state index contributed by atoms with van der Waals surface area (Å²) in [4.78, 5) is 32.1. The number of pyridine rings is 1. The van der Waals surface area contributed by atoms with Crippen LogP contribution in [0.2, 0.25) is 0 Å². The quantitative estimate of drug-likeness (QED) is 0.548. The Hall–Kier alpha value is -3.21. The summed E-state index contributed by atoms with van der Waals surface area (Å²) in [5, 5.41) is 0.264. The predicted octanol–water partition coefficient (Wildman–Crippen LogP) is 2.81. The van der Waals surface area contributed by atoms with Crippen molar-refractivity contribution in [2.24, 2.45) is 0 Å². The molecule has 0 spiro atoms. The Labute approximate surface area is 189 Å². The summed E-state index contributed by atoms with van der Waals surface area (Å²) >= 11 is 0. The van der Waals surface area contributed by atoms with Crippen LogP contribution in [0, 0.1) is 19.7 Å². The lowest BCUT2D eigenvalue weighted by Gasteiger charge is -2.26. The SMILES string of the molecule is Cc1ccc(F)cc1N1C(=O)c2c(C)nc3ccc(S(=O)(=O)N4CCOCC4)cc3c2C1=O. The van der Waals surface area contributed by atoms with E-state index in [0.29, 0.717) is 30.0 Å². The van der Waals surface area contributed by atoms with Crippen molar-refractivity contribution in [1.82, 2.24) is 9.29 Å². The number of ether oxygens (including phenoxy) is 1. The van der Waals surface area contributed by atoms with Crippen molar-refractivity contribution < 1.29 is 27.1 Å². The van der Waals surface area contributed by atoms with Crippen molar-refractivity contribution in [2.75, 3.05) is 31.2 Å². The number of carbonyl (C=O) groups excluding carboxylic acids is 2. The molecule has 33 heavy (non-hydrogen) atoms. The van der Waals surface area contributed by atoms with Crippen LogP contribution in [-0.4, -0.2) is 55.8 Å². The molecule has 1 aromatic heterocycles. The van der Waals surface area contributed by atoms with E-state index in [4.69, 9.17) is 4.74 Å². The summed E-state index contributed by atoms with van der Waals surface area (Å²) in [5.41, 5.74) is 1.60. The Morgan fingerprint density at radius 1 is 0.970 bits per heavy atom. The van der Waals surface area contributed by atoms with Crippen LogP contribution in [0.3, 0.4) is 0 Å². The molecule has 0 atom stereocenters. The zero-order valence-corrected chi connectivity index (χ0v) is 18.8. The normalized spacial score (nSPS) is 17.1. The Balaban J connectivity index is 1.69. The van der Waals surface area contributed by atoms with Crippen LogP contribution in [0.1, 0.15) is 32.0 Å². The second-order valence-corrected chi connectivity index (χ2v) is 9.96. The third kappa shape index (κ3) is 3.33. The third-order valence-electron chi connectivity index (χ3n) is 5.99. The predicted molar refractivity (Wildman–Crippen MR) is 118 cm³/mol. The molecule has 3 aromatic rings. The fourth-order valence-electron chi connectivity index (χ4n) is 4.30. The van der Waals surface area contributed by atoms with Gasteiger partial charge in [0.15, 0.2) is 0 Å². The number of amides is 2. The lowest BCUT2D eigenvalue weighted by molar-refractivity contribution is 0.0730. The summed E-state index contributed by atoms with van der Waals surface area (Å²) < 4.78 is 46.8. The molecule has 1 saturated heterocycles. The van der Waals surface area contributed by atoms with Gasteiger partial charge in [-0.05, 0) is 49.7 Å². The first-order chi connectivity index (χ1) is 15.7. The van der Waals surface area contributed by atoms with Crippen LogP contribution in [0.15, 0.2) is 41.3 Å². The molecule has 0 radical (unpaired) electrons. The molecule has 2 aliphatic rings. The molecular weight excluding hydrogens is 449 g/mol. The first kappa shape index (κ1) is 21.6. The van der Waals surface area contributed by atoms with E-state index in [9.17, 15) is 22.4 Å². The molecule has 170 valence electrons. The molecular formula is C23H20FN3O5S. The molecule has 2 aromatic carbocycles. The zero-order valence-electron chi connectivity index (χ0n) is 18.0. The number of halogens is 1. The van der Waals surface area contributed by atoms with Crippen LogP contribution >= 0.6 is 0 Å². The number of nitrogens with zero attached hydrogens (tertiary/aromatic N) is 3. The van der Waals surface area contributed by atoms with Crippen LogP contribution < -0.4 is 4.90 Å². The number of fused-ring (bicyclic) bond motifs is 3. The Morgan fingerprint density at radius 3 is 2.39 bits per heavy atom. The third-order valence-corrected chi connectivity index (χ3v) is 7.89. The topological polar surface area (TPSA) is 96.9 Å². The molecule has 0 saturated carbocycles. The van der Waals surface area contributed by atoms with Crippen LogP contribution in [0.4, 0.5) is 10.1 Å². The molecule has 2 aliphatic heterocycles. The van der Waals surface area contributed by atoms with Gasteiger partial charge in [0.25, 0.3) is 11.8 Å². The lowest BCUT2D eigenvalue weighted by atomic mass is 10.0. The Kier molecular flexibility index (Phi) is 5.04. The zero-order chi connectivity index (χ0) is 23.5. The highest BCUT2D eigenvalue weighted by Crippen LogP contribution is 2.36. The van der Waals surface area contributed by atoms with Gasteiger partial charge in [-0.2, -0.15) is 4.31 Å². The highest BCUT2D eigenvalue weighted by atomic mass is 32.2. The number of rotatable bonds is 3. The minimum absolute atomic E-state index is 0.00499. The van der Waals surface area contributed by atoms with Crippen LogP contribution in [0.5, 0.6) is 0 Å². The van der Waals surface area contributed by atoms with Crippen molar-refractivity contribution in [3.05, 3.63) is 64.6 Å². The van der Waals surface area contributed by atoms with Gasteiger partial charge in [-0.25, -0.2) is 17.7 Å². The fraction of sp³-hybridized carbons (Fsp3) is 0.261. The number of aryl methyl sites for hydroxylation is 2. The first-order valence-corrected chi connectivity index (χ1v) is 11.8. The van der Waals surface area contributed by atoms with Crippen LogP contribution in [-0.2, 0) is 14.8 Å². The van der Waals surface area contributed by atoms with Crippen molar-refractivity contribution in [1.29, 1.82) is 0 Å². The molecule has 0 bridgehead atoms. The fourth-order valence-corrected chi connectivity index (χ4v) is 5.74. The standard InChI is InChI=1S/C23H20FN3O5S/c1-13-3-4-15(24)11-19(13)27-22(28)20-14(2)25-18-6-5-16(12-17(18)21(20)23(27)29)33(30,31)26-7-9-32-10-8-26/h3-6,11-12H,7-10H2,1-2H3. The smallest absolute Gasteiger partial charge is 0.268 e. The van der Waals surface area contributed by atoms with Gasteiger partial charge in [0.2, 0.25) is 10.0 Å². The Bertz CT molecular complexity index is 1450. The molecule has 2 amide bonds. The summed E-state index contributed by atoms with van der Waals surface area (Å²) in [6.45, 7) is 4.36. The maximum Gasteiger partial charge on any atom is 0.268 e. The number of carbonyl (C=O) groups is 2. The minimum Gasteiger partial charge on any atom is -0.379 e. The van der Waals surface area contributed by atoms with E-state index in [1.165, 1.54) is 34.6 Å². The number of morpholine rings is 1. The maximum atomic E-state index is 13.9. The molecule has 8 nitrogen and oxygen atoms in total. The number of hydrogen-bond donors (Lipinski definition) is 0. The summed E-state index contributed by atoms with van der Waals surface area (Å²) in [5.74, 6) is -1.83. The van der Waals surface area contributed by atoms with Crippen LogP contribution in [0.25, 0.3) is 10.9 Å². The molecule has 1 fully saturated rings. The van der Waals surface area contributed by atoms with Gasteiger partial charge in [0, 0.05) is 18.5 Å². The van der Waals surface area contributed by atoms with Crippen molar-refractivity contribution in [2.45, 2.75) is 18.7 Å². The van der Waals surface area contributed by atoms with E-state index in [2.05, 4.69) is 4.98 Å². The van der Waals surface area contributed by atoms with Gasteiger partial charge >= 0.3 is 0 Å². The second-order valence-electron chi connectivity index (χ2n) is 8.02. The van der Waals surface area contributed by atoms with E-state index in [-0.39, 0.29) is 40.2 Å². The number of anilines is 1. The summed E-state index contributed by atoms with van der Waals surface area (Å²) in [6.07, 6.45) is 0. The molecule has 5 rings (SSSR count). The van der Waals surface area contributed by atoms with E-state index in [1.54, 1.807) is 13.8 Å². The highest BCUT2D eigenvalue weighted by molar-refractivity contribution is 7.89. The van der Waals surface area contributed by atoms with E-state index in [0.717, 1.165) is 11.0 Å². The monoisotopic (exact) mass is 469 g/mol. The van der Waals surface area contributed by atoms with Gasteiger partial charge < -0.3 is 4.74 Å². The van der Waals surface area contributed by atoms with Gasteiger partial charge in [-0.1, -0.05) is 6.07 Å². The number of sulfonamides is 1. The summed E-state index contributed by atoms with van der Waals surface area (Å²) in [7, 11) is -3.82. The van der Waals surface area contributed by atoms with E-state index in [1.807, 2.05) is 0 Å². The van der Waals surface area contributed by atoms with E-state index >= 15 is 0 Å². The maximum absolute atomic E-state index is 13.9. The van der Waals surface area contributed by atoms with Crippen molar-refractivity contribution >= 4 is 38.4 Å². The van der Waals surface area contributed by atoms with E-state index < -0.39 is 27.7 Å². The summed E-state index contributed by atoms with van der Waals surface area (Å²) in [6, 6.07) is 8.24. The minimum atomic E-state index is -3.82. The largest absolute Gasteiger partial charge is 0.379 e. The number of imide groups is 1. The van der Waals surface area contributed by atoms with Gasteiger partial charge in [-0.15, -0.1) is 0 Å². The van der Waals surface area contributed by atoms with Gasteiger partial charge in [0.1, 0.15) is 5.82 Å². The lowest BCUT2D eigenvalue weighted by Crippen LogP contribution is -2.40. The first-order valence-electron chi connectivity index (χ1n) is 10.4.